The summed E-state index contributed by atoms with van der Waals surface area (Å²) >= 11 is 1.00. The van der Waals surface area contributed by atoms with Gasteiger partial charge in [-0.1, -0.05) is 88.1 Å². The number of aromatic nitrogens is 5. The van der Waals surface area contributed by atoms with Gasteiger partial charge in [0.05, 0.1) is 50.3 Å². The van der Waals surface area contributed by atoms with Crippen molar-refractivity contribution in [2.45, 2.75) is 205 Å². The Hall–Kier alpha value is -13.5. The Bertz CT molecular complexity index is 5190. The van der Waals surface area contributed by atoms with Gasteiger partial charge in [0.2, 0.25) is 53.2 Å². The van der Waals surface area contributed by atoms with E-state index in [-0.39, 0.29) is 140 Å². The number of benzene rings is 2. The molecule has 0 spiro atoms. The Labute approximate surface area is 809 Å². The number of piperazine rings is 1. The van der Waals surface area contributed by atoms with Crippen LogP contribution in [0.15, 0.2) is 64.9 Å². The van der Waals surface area contributed by atoms with E-state index in [4.69, 9.17) is 19.9 Å². The van der Waals surface area contributed by atoms with Crippen molar-refractivity contribution < 1.29 is 131 Å². The number of aromatic amines is 1. The lowest BCUT2D eigenvalue weighted by Gasteiger charge is -2.39. The molecule has 7 rings (SSSR count). The molecule has 49 nitrogen and oxygen atoms in total. The van der Waals surface area contributed by atoms with E-state index in [0.717, 1.165) is 45.8 Å². The summed E-state index contributed by atoms with van der Waals surface area (Å²) in [6.07, 6.45) is -1.18. The highest BCUT2D eigenvalue weighted by atomic mass is 33.1. The Kier molecular flexibility index (Phi) is 45.7. The number of nitrogens with zero attached hydrogens (tertiary/aromatic N) is 8. The minimum absolute atomic E-state index is 0.0114. The smallest absolute Gasteiger partial charge is 0.426 e. The predicted molar refractivity (Wildman–Crippen MR) is 501 cm³/mol. The van der Waals surface area contributed by atoms with Gasteiger partial charge < -0.3 is 103 Å². The average molecular weight is 2010 g/mol. The molecule has 0 radical (unpaired) electrons. The number of thiazole rings is 1. The largest absolute Gasteiger partial charge is 0.508 e. The van der Waals surface area contributed by atoms with Crippen LogP contribution in [0.3, 0.4) is 0 Å². The van der Waals surface area contributed by atoms with Gasteiger partial charge in [-0.25, -0.2) is 49.1 Å². The molecule has 0 aliphatic carbocycles. The fourth-order valence-electron chi connectivity index (χ4n) is 14.6. The maximum atomic E-state index is 15.0. The van der Waals surface area contributed by atoms with Gasteiger partial charge in [-0.2, -0.15) is 4.98 Å². The number of ether oxygens (including phenoxy) is 3. The Morgan fingerprint density at radius 3 is 1.89 bits per heavy atom. The molecule has 11 amide bonds. The second-order valence-electron chi connectivity index (χ2n) is 33.5. The first-order chi connectivity index (χ1) is 66.0. The number of amides is 11. The first-order valence-corrected chi connectivity index (χ1v) is 48.2. The molecule has 2 aromatic carbocycles. The number of aliphatic carboxylic acids is 5. The zero-order chi connectivity index (χ0) is 102. The molecule has 3 aromatic heterocycles. The number of nitrogens with two attached hydrogens (primary N) is 1. The molecule has 2 aliphatic rings. The van der Waals surface area contributed by atoms with Gasteiger partial charge in [0.1, 0.15) is 59.3 Å². The number of esters is 2. The van der Waals surface area contributed by atoms with Crippen LogP contribution in [-0.2, 0) is 99.1 Å². The van der Waals surface area contributed by atoms with Gasteiger partial charge in [-0.3, -0.25) is 87.4 Å². The topological polar surface area (TPSA) is 712 Å². The van der Waals surface area contributed by atoms with Crippen LogP contribution in [0.4, 0.5) is 16.4 Å². The molecule has 760 valence electrons. The molecule has 52 heteroatoms. The van der Waals surface area contributed by atoms with E-state index in [2.05, 4.69) is 78.3 Å². The van der Waals surface area contributed by atoms with E-state index in [1.165, 1.54) is 66.7 Å². The molecular weight excluding hydrogens is 1880 g/mol. The summed E-state index contributed by atoms with van der Waals surface area (Å²) in [7, 11) is 3.76. The normalized spacial score (nSPS) is 15.8. The number of hydrogen-bond acceptors (Lipinski definition) is 35. The molecule has 2 aliphatic heterocycles. The summed E-state index contributed by atoms with van der Waals surface area (Å²) in [5.74, 6) is -19.3. The number of likely N-dealkylation sites (tertiary alicyclic amines) is 1. The lowest BCUT2D eigenvalue weighted by Crippen LogP contribution is -2.59. The molecule has 20 N–H and O–H groups in total. The first-order valence-electron chi connectivity index (χ1n) is 44.8. The first kappa shape index (κ1) is 113. The standard InChI is InChI=1S/C87H121N21O28S3/c1-9-13-70(116)135-45-108(80(122)71(47(5)10-2)100-77(120)62-14-11-12-26-105(62)8)63(46(3)4)39-64(136-49(7)109)79-99-60(43-137-79)76(119)93-53(35-50-15-21-55(110)22-16-50)34-48(6)74(117)103-104-87(133)134-32-33-138-139-44-61(85(131)132)97-68(114)37-58(83(127)128)95-67(113)38-59(84(129)130)96-69(115)42-107-30-28-106(29-31-107)27-25-89-66(112)36-57(82(125)126)94-65(111)24-23-56(81(123)124)98-75(118)51-17-19-52(20-18-51)90-40-54-41-91-73-72(92-54)78(121)102-86(88)101-73/h15-22,41,43,46-48,53,56-59,61-64,71,90,110H,9-14,23-40,42,44-45H2,1-8H3,(H,89,112)(H,93,119)(H,94,111)(H,95,113)(H,96,115)(H,97,114)(H,98,118)(H,100,120)(H,103,117)(H,104,133)(H,123,124)(H,125,126)(H,127,128)(H,129,130)(H,131,132)(H3,88,91,101,102,121)/t47-,48+,53-,56+,57+,58+,59+,61+,62-,63-,64-,71+/m1/s1. The molecule has 0 bridgehead atoms. The number of nitrogens with one attached hydrogen (secondary N) is 12. The third-order valence-electron chi connectivity index (χ3n) is 22.4. The second-order valence-corrected chi connectivity index (χ2v) is 37.1. The molecule has 0 unspecified atom stereocenters. The predicted octanol–water partition coefficient (Wildman–Crippen LogP) is 0.584. The number of aromatic hydroxyl groups is 1. The van der Waals surface area contributed by atoms with Crippen LogP contribution in [-0.4, -0.2) is 321 Å². The van der Waals surface area contributed by atoms with E-state index in [1.54, 1.807) is 24.0 Å². The fourth-order valence-corrected chi connectivity index (χ4v) is 17.4. The Balaban J connectivity index is 0.785. The molecule has 139 heavy (non-hydrogen) atoms. The summed E-state index contributed by atoms with van der Waals surface area (Å²) in [5, 5.41) is 83.6. The number of carboxylic acids is 5. The monoisotopic (exact) mass is 2000 g/mol. The van der Waals surface area contributed by atoms with Crippen molar-refractivity contribution in [1.29, 1.82) is 0 Å². The van der Waals surface area contributed by atoms with Crippen LogP contribution in [0.1, 0.15) is 175 Å². The molecule has 0 saturated carbocycles. The lowest BCUT2D eigenvalue weighted by molar-refractivity contribution is -0.161. The van der Waals surface area contributed by atoms with Gasteiger partial charge in [0, 0.05) is 112 Å². The van der Waals surface area contributed by atoms with Crippen LogP contribution in [0, 0.1) is 17.8 Å². The number of hydrogen-bond donors (Lipinski definition) is 19. The number of likely N-dealkylation sites (N-methyl/N-ethyl adjacent to an activating group) is 1. The maximum absolute atomic E-state index is 15.0. The van der Waals surface area contributed by atoms with Crippen molar-refractivity contribution in [3.05, 3.63) is 98.0 Å². The zero-order valence-electron chi connectivity index (χ0n) is 77.9. The number of nitrogen functional groups attached to an aromatic ring is 1. The lowest BCUT2D eigenvalue weighted by atomic mass is 9.92. The fraction of sp³-hybridized carbons (Fsp3) is 0.552. The number of anilines is 2. The third kappa shape index (κ3) is 38.1. The highest BCUT2D eigenvalue weighted by Gasteiger charge is 2.41. The number of piperidine rings is 1. The van der Waals surface area contributed by atoms with Crippen molar-refractivity contribution >= 4 is 163 Å². The van der Waals surface area contributed by atoms with Crippen molar-refractivity contribution in [2.75, 3.05) is 95.3 Å². The maximum Gasteiger partial charge on any atom is 0.426 e. The molecule has 2 saturated heterocycles. The summed E-state index contributed by atoms with van der Waals surface area (Å²) < 4.78 is 16.7. The SMILES string of the molecule is CCCC(=O)OCN(C(=O)[C@@H](NC(=O)[C@H]1CCCCN1C)[C@H](C)CC)[C@H](C[C@@H](OC(C)=O)c1nc(C(=O)N[C@@H](Cc2ccc(O)cc2)C[C@H](C)C(=O)NNC(=O)OCCSSC[C@H](NC(=O)C[C@H](NC(=O)C[C@H](NC(=O)CN2CCN(CCNC(=O)C[C@H](NC(=O)CC[C@H](NC(=O)c3ccc(NCc4cnc5nc(N)[nH]c(=O)c5n4)cc3)C(=O)O)C(=O)O)CC2)C(=O)O)C(=O)O)C(=O)O)cs1)C(C)C. The van der Waals surface area contributed by atoms with Gasteiger partial charge in [-0.15, -0.1) is 11.3 Å². The van der Waals surface area contributed by atoms with E-state index in [0.29, 0.717) is 55.8 Å². The van der Waals surface area contributed by atoms with E-state index in [9.17, 15) is 117 Å². The molecule has 2 fully saturated rings. The van der Waals surface area contributed by atoms with Crippen LogP contribution in [0.5, 0.6) is 5.75 Å². The van der Waals surface area contributed by atoms with Crippen LogP contribution in [0.25, 0.3) is 11.2 Å². The second kappa shape index (κ2) is 56.4. The van der Waals surface area contributed by atoms with Gasteiger partial charge >= 0.3 is 47.9 Å². The van der Waals surface area contributed by atoms with Crippen molar-refractivity contribution in [3.8, 4) is 5.75 Å². The molecule has 5 heterocycles. The van der Waals surface area contributed by atoms with Crippen LogP contribution >= 0.6 is 32.9 Å². The van der Waals surface area contributed by atoms with Crippen LogP contribution in [0.2, 0.25) is 0 Å². The highest BCUT2D eigenvalue weighted by Crippen LogP contribution is 2.33. The number of phenols is 1. The molecular formula is C87H121N21O28S3. The Morgan fingerprint density at radius 2 is 1.28 bits per heavy atom. The van der Waals surface area contributed by atoms with Crippen molar-refractivity contribution in [2.24, 2.45) is 17.8 Å². The Morgan fingerprint density at radius 1 is 0.662 bits per heavy atom. The number of carboxylic acid groups (broad SMARTS) is 5. The minimum atomic E-state index is -2.01. The quantitative estimate of drug-likeness (QED) is 0.00632. The summed E-state index contributed by atoms with van der Waals surface area (Å²) in [5.41, 5.74) is 10.9. The zero-order valence-corrected chi connectivity index (χ0v) is 80.4. The van der Waals surface area contributed by atoms with Gasteiger partial charge in [0.25, 0.3) is 17.4 Å². The van der Waals surface area contributed by atoms with Crippen LogP contribution < -0.4 is 70.0 Å². The minimum Gasteiger partial charge on any atom is -0.508 e. The van der Waals surface area contributed by atoms with Gasteiger partial charge in [-0.05, 0) is 106 Å². The number of fused-ring (bicyclic) bond motifs is 1. The van der Waals surface area contributed by atoms with E-state index in [1.807, 2.05) is 49.9 Å². The van der Waals surface area contributed by atoms with Gasteiger partial charge in [0.15, 0.2) is 24.0 Å². The highest BCUT2D eigenvalue weighted by molar-refractivity contribution is 8.76. The number of H-pyrrole nitrogens is 1. The average Bonchev–Trinajstić information content (AvgIpc) is 1.59. The molecule has 12 atom stereocenters. The number of carbonyl (C=O) groups excluding carboxylic acids is 13. The summed E-state index contributed by atoms with van der Waals surface area (Å²) in [6.45, 7) is 13.0. The number of carbonyl (C=O) groups is 18. The summed E-state index contributed by atoms with van der Waals surface area (Å²) in [4.78, 5) is 273. The van der Waals surface area contributed by atoms with Crippen molar-refractivity contribution in [3.63, 3.8) is 0 Å². The molecule has 5 aromatic rings. The summed E-state index contributed by atoms with van der Waals surface area (Å²) in [6, 6.07) is 0.000590. The van der Waals surface area contributed by atoms with E-state index < -0.39 is 212 Å². The number of phenolic OH excluding ortho intramolecular Hbond substituents is 1. The number of hydrazine groups is 1. The van der Waals surface area contributed by atoms with E-state index >= 15 is 4.79 Å². The number of rotatable bonds is 56. The van der Waals surface area contributed by atoms with Crippen molar-refractivity contribution in [1.82, 2.24) is 97.9 Å². The third-order valence-corrected chi connectivity index (χ3v) is 25.7.